The van der Waals surface area contributed by atoms with Crippen LogP contribution in [0.1, 0.15) is 45.6 Å². The van der Waals surface area contributed by atoms with Gasteiger partial charge in [0, 0.05) is 11.1 Å². The van der Waals surface area contributed by atoms with Crippen molar-refractivity contribution in [1.82, 2.24) is 10.9 Å². The minimum absolute atomic E-state index is 0.0881. The average Bonchev–Trinajstić information content (AvgIpc) is 2.86. The van der Waals surface area contributed by atoms with E-state index < -0.39 is 5.54 Å². The van der Waals surface area contributed by atoms with Gasteiger partial charge in [0.15, 0.2) is 0 Å². The molecule has 2 N–H and O–H groups in total. The fraction of sp³-hybridized carbons (Fsp3) is 0.381. The number of rotatable bonds is 6. The number of carbonyl (C=O) groups is 1. The molecule has 0 aromatic heterocycles. The van der Waals surface area contributed by atoms with E-state index in [1.807, 2.05) is 38.1 Å². The van der Waals surface area contributed by atoms with Gasteiger partial charge in [-0.15, -0.1) is 0 Å². The van der Waals surface area contributed by atoms with Crippen molar-refractivity contribution < 1.29 is 9.53 Å². The summed E-state index contributed by atoms with van der Waals surface area (Å²) >= 11 is 0. The summed E-state index contributed by atoms with van der Waals surface area (Å²) in [5.41, 5.74) is 7.00. The molecule has 0 bridgehead atoms. The van der Waals surface area contributed by atoms with Crippen molar-refractivity contribution in [2.45, 2.75) is 45.6 Å². The zero-order valence-corrected chi connectivity index (χ0v) is 15.2. The summed E-state index contributed by atoms with van der Waals surface area (Å²) < 4.78 is 6.06. The molecule has 4 heteroatoms. The van der Waals surface area contributed by atoms with E-state index in [0.29, 0.717) is 12.2 Å². The van der Waals surface area contributed by atoms with E-state index in [9.17, 15) is 4.79 Å². The number of amides is 1. The van der Waals surface area contributed by atoms with E-state index in [2.05, 4.69) is 36.0 Å². The summed E-state index contributed by atoms with van der Waals surface area (Å²) in [6, 6.07) is 12.3. The minimum atomic E-state index is -0.423. The molecule has 2 aromatic carbocycles. The molecular weight excluding hydrogens is 312 g/mol. The predicted molar refractivity (Wildman–Crippen MR) is 102 cm³/mol. The number of fused-ring (bicyclic) bond motifs is 1. The van der Waals surface area contributed by atoms with Crippen LogP contribution in [0.5, 0.6) is 5.75 Å². The Morgan fingerprint density at radius 2 is 1.92 bits per heavy atom. The van der Waals surface area contributed by atoms with Gasteiger partial charge in [-0.1, -0.05) is 50.1 Å². The number of nitrogens with one attached hydrogen (secondary N) is 2. The first-order valence-electron chi connectivity index (χ1n) is 8.97. The molecule has 3 rings (SSSR count). The second kappa shape index (κ2) is 7.28. The van der Waals surface area contributed by atoms with Crippen molar-refractivity contribution in [2.24, 2.45) is 0 Å². The van der Waals surface area contributed by atoms with E-state index in [4.69, 9.17) is 4.74 Å². The summed E-state index contributed by atoms with van der Waals surface area (Å²) in [6.07, 6.45) is 5.32. The van der Waals surface area contributed by atoms with Gasteiger partial charge < -0.3 is 4.74 Å². The molecule has 0 unspecified atom stereocenters. The van der Waals surface area contributed by atoms with Crippen LogP contribution in [0.3, 0.4) is 0 Å². The number of ether oxygens (including phenoxy) is 1. The van der Waals surface area contributed by atoms with E-state index in [0.717, 1.165) is 41.3 Å². The number of hydrazine groups is 1. The largest absolute Gasteiger partial charge is 0.493 e. The van der Waals surface area contributed by atoms with Crippen LogP contribution in [-0.4, -0.2) is 18.1 Å². The van der Waals surface area contributed by atoms with Crippen LogP contribution in [0, 0.1) is 0 Å². The monoisotopic (exact) mass is 338 g/mol. The third kappa shape index (κ3) is 3.69. The Hall–Kier alpha value is -2.33. The summed E-state index contributed by atoms with van der Waals surface area (Å²) in [5, 5.41) is 2.23. The van der Waals surface area contributed by atoms with Crippen molar-refractivity contribution in [1.29, 1.82) is 0 Å². The molecule has 0 radical (unpaired) electrons. The third-order valence-electron chi connectivity index (χ3n) is 4.63. The molecule has 0 spiro atoms. The van der Waals surface area contributed by atoms with Gasteiger partial charge >= 0.3 is 0 Å². The van der Waals surface area contributed by atoms with Gasteiger partial charge in [0.2, 0.25) is 0 Å². The first-order valence-corrected chi connectivity index (χ1v) is 8.97. The van der Waals surface area contributed by atoms with E-state index in [-0.39, 0.29) is 5.91 Å². The second-order valence-electron chi connectivity index (χ2n) is 7.02. The van der Waals surface area contributed by atoms with E-state index >= 15 is 0 Å². The van der Waals surface area contributed by atoms with Gasteiger partial charge in [-0.25, -0.2) is 5.43 Å². The quantitative estimate of drug-likeness (QED) is 0.613. The summed E-state index contributed by atoms with van der Waals surface area (Å²) in [6.45, 7) is 6.85. The minimum Gasteiger partial charge on any atom is -0.493 e. The molecule has 1 heterocycles. The molecule has 1 aliphatic heterocycles. The van der Waals surface area contributed by atoms with Gasteiger partial charge in [-0.3, -0.25) is 10.2 Å². The maximum Gasteiger partial charge on any atom is 0.263 e. The zero-order valence-electron chi connectivity index (χ0n) is 15.2. The maximum atomic E-state index is 12.3. The first kappa shape index (κ1) is 17.5. The zero-order chi connectivity index (χ0) is 17.9. The van der Waals surface area contributed by atoms with Crippen LogP contribution in [0.4, 0.5) is 0 Å². The van der Waals surface area contributed by atoms with Crippen LogP contribution in [0.15, 0.2) is 42.0 Å². The number of unbranched alkanes of at least 4 members (excludes halogenated alkanes) is 2. The third-order valence-corrected chi connectivity index (χ3v) is 4.63. The molecule has 0 aliphatic carbocycles. The molecule has 0 atom stereocenters. The molecule has 2 aromatic rings. The highest BCUT2D eigenvalue weighted by molar-refractivity contribution is 6.05. The number of benzene rings is 2. The lowest BCUT2D eigenvalue weighted by Crippen LogP contribution is -2.38. The second-order valence-corrected chi connectivity index (χ2v) is 7.02. The highest BCUT2D eigenvalue weighted by atomic mass is 16.5. The summed E-state index contributed by atoms with van der Waals surface area (Å²) in [7, 11) is 0. The van der Waals surface area contributed by atoms with Crippen molar-refractivity contribution >= 4 is 22.8 Å². The normalized spacial score (nSPS) is 17.9. The van der Waals surface area contributed by atoms with Crippen LogP contribution < -0.4 is 15.6 Å². The van der Waals surface area contributed by atoms with Gasteiger partial charge in [-0.2, -0.15) is 0 Å². The fourth-order valence-corrected chi connectivity index (χ4v) is 3.11. The van der Waals surface area contributed by atoms with Crippen LogP contribution >= 0.6 is 0 Å². The Morgan fingerprint density at radius 1 is 1.12 bits per heavy atom. The van der Waals surface area contributed by atoms with Gasteiger partial charge in [0.05, 0.1) is 12.1 Å². The van der Waals surface area contributed by atoms with Crippen molar-refractivity contribution in [3.63, 3.8) is 0 Å². The smallest absolute Gasteiger partial charge is 0.263 e. The molecule has 0 saturated carbocycles. The highest BCUT2D eigenvalue weighted by Gasteiger charge is 2.35. The predicted octanol–water partition coefficient (Wildman–Crippen LogP) is 4.21. The average molecular weight is 338 g/mol. The van der Waals surface area contributed by atoms with Crippen LogP contribution in [0.25, 0.3) is 16.8 Å². The van der Waals surface area contributed by atoms with Gasteiger partial charge in [0.25, 0.3) is 5.91 Å². The van der Waals surface area contributed by atoms with E-state index in [1.165, 1.54) is 0 Å². The van der Waals surface area contributed by atoms with Crippen molar-refractivity contribution in [3.8, 4) is 5.75 Å². The Morgan fingerprint density at radius 3 is 2.64 bits per heavy atom. The van der Waals surface area contributed by atoms with E-state index in [1.54, 1.807) is 0 Å². The molecule has 4 nitrogen and oxygen atoms in total. The van der Waals surface area contributed by atoms with Crippen LogP contribution in [0.2, 0.25) is 0 Å². The lowest BCUT2D eigenvalue weighted by atomic mass is 9.92. The molecule has 1 saturated heterocycles. The lowest BCUT2D eigenvalue weighted by molar-refractivity contribution is -0.116. The number of hydrogen-bond acceptors (Lipinski definition) is 3. The standard InChI is InChI=1S/C21H26N2O2/c1-4-5-8-13-25-19-12-11-15-9-6-7-10-16(15)17(19)14-18-20(24)22-23-21(18,2)3/h6-7,9-12,14,23H,4-5,8,13H2,1-3H3,(H,22,24)/b18-14+. The maximum absolute atomic E-state index is 12.3. The van der Waals surface area contributed by atoms with Gasteiger partial charge in [0.1, 0.15) is 5.75 Å². The summed E-state index contributed by atoms with van der Waals surface area (Å²) in [4.78, 5) is 12.3. The Kier molecular flexibility index (Phi) is 5.09. The Balaban J connectivity index is 2.05. The number of hydrogen-bond donors (Lipinski definition) is 2. The fourth-order valence-electron chi connectivity index (χ4n) is 3.11. The molecule has 1 aliphatic rings. The SMILES string of the molecule is CCCCCOc1ccc2ccccc2c1/C=C1\C(=O)NNC1(C)C. The topological polar surface area (TPSA) is 50.4 Å². The number of carbonyl (C=O) groups excluding carboxylic acids is 1. The molecular formula is C21H26N2O2. The molecule has 1 fully saturated rings. The summed E-state index contributed by atoms with van der Waals surface area (Å²) in [5.74, 6) is 0.743. The van der Waals surface area contributed by atoms with Gasteiger partial charge in [-0.05, 0) is 43.2 Å². The molecule has 1 amide bonds. The first-order chi connectivity index (χ1) is 12.0. The Bertz CT molecular complexity index is 809. The lowest BCUT2D eigenvalue weighted by Gasteiger charge is -2.18. The van der Waals surface area contributed by atoms with Crippen molar-refractivity contribution in [3.05, 3.63) is 47.5 Å². The Labute approximate surface area is 149 Å². The van der Waals surface area contributed by atoms with Crippen LogP contribution in [-0.2, 0) is 4.79 Å². The molecule has 25 heavy (non-hydrogen) atoms. The highest BCUT2D eigenvalue weighted by Crippen LogP contribution is 2.33. The molecule has 132 valence electrons. The van der Waals surface area contributed by atoms with Crippen molar-refractivity contribution in [2.75, 3.05) is 6.61 Å².